The van der Waals surface area contributed by atoms with Gasteiger partial charge in [0.1, 0.15) is 18.1 Å². The van der Waals surface area contributed by atoms with Gasteiger partial charge in [0.2, 0.25) is 5.91 Å². The van der Waals surface area contributed by atoms with Crippen molar-refractivity contribution in [3.63, 3.8) is 0 Å². The molecule has 2 heterocycles. The minimum atomic E-state index is -0.00909. The van der Waals surface area contributed by atoms with Gasteiger partial charge in [-0.15, -0.1) is 0 Å². The smallest absolute Gasteiger partial charge is 0.224 e. The lowest BCUT2D eigenvalue weighted by atomic mass is 10.0. The maximum absolute atomic E-state index is 12.6. The van der Waals surface area contributed by atoms with Crippen molar-refractivity contribution >= 4 is 16.8 Å². The Kier molecular flexibility index (Phi) is 4.52. The van der Waals surface area contributed by atoms with Crippen LogP contribution < -0.4 is 14.8 Å². The van der Waals surface area contributed by atoms with E-state index in [1.807, 2.05) is 55.6 Å². The highest BCUT2D eigenvalue weighted by Crippen LogP contribution is 2.29. The molecule has 5 heteroatoms. The van der Waals surface area contributed by atoms with Gasteiger partial charge in [-0.3, -0.25) is 4.79 Å². The van der Waals surface area contributed by atoms with Crippen molar-refractivity contribution in [2.75, 3.05) is 13.2 Å². The first-order valence-corrected chi connectivity index (χ1v) is 8.96. The summed E-state index contributed by atoms with van der Waals surface area (Å²) in [5.74, 6) is 1.71. The van der Waals surface area contributed by atoms with Crippen molar-refractivity contribution in [3.8, 4) is 11.5 Å². The van der Waals surface area contributed by atoms with Crippen LogP contribution in [0, 0.1) is 0 Å². The summed E-state index contributed by atoms with van der Waals surface area (Å²) < 4.78 is 11.5. The van der Waals surface area contributed by atoms with E-state index in [0.717, 1.165) is 39.9 Å². The number of nitrogens with one attached hydrogen (secondary N) is 2. The second kappa shape index (κ2) is 7.12. The van der Waals surface area contributed by atoms with E-state index < -0.39 is 0 Å². The van der Waals surface area contributed by atoms with Crippen molar-refractivity contribution in [2.24, 2.45) is 0 Å². The zero-order valence-electron chi connectivity index (χ0n) is 14.7. The predicted octanol–water partition coefficient (Wildman–Crippen LogP) is 3.23. The molecule has 1 aliphatic rings. The molecule has 3 aromatic rings. The molecular formula is C21H22N2O3. The van der Waals surface area contributed by atoms with Crippen LogP contribution in [0.5, 0.6) is 11.5 Å². The number of ether oxygens (including phenoxy) is 2. The molecule has 0 radical (unpaired) electrons. The highest BCUT2D eigenvalue weighted by Gasteiger charge is 2.22. The first-order chi connectivity index (χ1) is 12.7. The number of rotatable bonds is 5. The Morgan fingerprint density at radius 1 is 1.27 bits per heavy atom. The van der Waals surface area contributed by atoms with Gasteiger partial charge in [0, 0.05) is 17.1 Å². The standard InChI is InChI=1S/C21H22N2O3/c1-2-25-19-9-5-7-17-21(19)15(12-22-17)11-20(24)23-16-10-14-6-3-4-8-18(14)26-13-16/h3-9,12,16,22H,2,10-11,13H2,1H3,(H,23,24). The van der Waals surface area contributed by atoms with Gasteiger partial charge in [0.05, 0.1) is 19.1 Å². The Labute approximate surface area is 152 Å². The first kappa shape index (κ1) is 16.5. The van der Waals surface area contributed by atoms with Crippen LogP contribution >= 0.6 is 0 Å². The van der Waals surface area contributed by atoms with Crippen molar-refractivity contribution in [1.82, 2.24) is 10.3 Å². The first-order valence-electron chi connectivity index (χ1n) is 8.96. The summed E-state index contributed by atoms with van der Waals surface area (Å²) in [5.41, 5.74) is 3.06. The largest absolute Gasteiger partial charge is 0.493 e. The van der Waals surface area contributed by atoms with E-state index in [1.54, 1.807) is 0 Å². The van der Waals surface area contributed by atoms with Crippen LogP contribution in [0.1, 0.15) is 18.1 Å². The maximum Gasteiger partial charge on any atom is 0.224 e. The molecule has 4 rings (SSSR count). The number of hydrogen-bond donors (Lipinski definition) is 2. The van der Waals surface area contributed by atoms with Crippen LogP contribution in [0.2, 0.25) is 0 Å². The van der Waals surface area contributed by atoms with Gasteiger partial charge in [0.25, 0.3) is 0 Å². The molecule has 0 spiro atoms. The number of aromatic amines is 1. The number of H-pyrrole nitrogens is 1. The lowest BCUT2D eigenvalue weighted by Gasteiger charge is -2.26. The van der Waals surface area contributed by atoms with Crippen LogP contribution in [0.15, 0.2) is 48.7 Å². The summed E-state index contributed by atoms with van der Waals surface area (Å²) in [7, 11) is 0. The lowest BCUT2D eigenvalue weighted by Crippen LogP contribution is -2.43. The molecule has 26 heavy (non-hydrogen) atoms. The summed E-state index contributed by atoms with van der Waals surface area (Å²) in [5, 5.41) is 4.08. The van der Waals surface area contributed by atoms with Crippen LogP contribution in [0.4, 0.5) is 0 Å². The maximum atomic E-state index is 12.6. The van der Waals surface area contributed by atoms with E-state index in [0.29, 0.717) is 19.6 Å². The van der Waals surface area contributed by atoms with Crippen LogP contribution in [-0.2, 0) is 17.6 Å². The van der Waals surface area contributed by atoms with E-state index in [-0.39, 0.29) is 11.9 Å². The fraction of sp³-hybridized carbons (Fsp3) is 0.286. The molecule has 0 saturated heterocycles. The number of carbonyl (C=O) groups is 1. The summed E-state index contributed by atoms with van der Waals surface area (Å²) >= 11 is 0. The van der Waals surface area contributed by atoms with E-state index in [9.17, 15) is 4.79 Å². The van der Waals surface area contributed by atoms with Crippen molar-refractivity contribution in [2.45, 2.75) is 25.8 Å². The van der Waals surface area contributed by atoms with Gasteiger partial charge >= 0.3 is 0 Å². The Balaban J connectivity index is 1.47. The number of benzene rings is 2. The molecule has 1 atom stereocenters. The Hall–Kier alpha value is -2.95. The normalized spacial score (nSPS) is 16.0. The molecule has 0 aliphatic carbocycles. The third-order valence-electron chi connectivity index (χ3n) is 4.64. The number of fused-ring (bicyclic) bond motifs is 2. The monoisotopic (exact) mass is 350 g/mol. The molecule has 1 amide bonds. The quantitative estimate of drug-likeness (QED) is 0.743. The van der Waals surface area contributed by atoms with E-state index in [1.165, 1.54) is 0 Å². The fourth-order valence-electron chi connectivity index (χ4n) is 3.51. The minimum absolute atomic E-state index is 0.00558. The summed E-state index contributed by atoms with van der Waals surface area (Å²) in [6.45, 7) is 3.05. The lowest BCUT2D eigenvalue weighted by molar-refractivity contribution is -0.121. The highest BCUT2D eigenvalue weighted by atomic mass is 16.5. The van der Waals surface area contributed by atoms with Gasteiger partial charge < -0.3 is 19.8 Å². The van der Waals surface area contributed by atoms with Gasteiger partial charge in [0.15, 0.2) is 0 Å². The molecule has 134 valence electrons. The average Bonchev–Trinajstić information content (AvgIpc) is 3.06. The number of aromatic nitrogens is 1. The fourth-order valence-corrected chi connectivity index (χ4v) is 3.51. The molecule has 1 unspecified atom stereocenters. The molecule has 0 fully saturated rings. The van der Waals surface area contributed by atoms with Crippen LogP contribution in [-0.4, -0.2) is 30.1 Å². The molecular weight excluding hydrogens is 328 g/mol. The van der Waals surface area contributed by atoms with Crippen LogP contribution in [0.25, 0.3) is 10.9 Å². The molecule has 2 aromatic carbocycles. The summed E-state index contributed by atoms with van der Waals surface area (Å²) in [4.78, 5) is 15.8. The molecule has 5 nitrogen and oxygen atoms in total. The van der Waals surface area contributed by atoms with E-state index >= 15 is 0 Å². The number of para-hydroxylation sites is 1. The van der Waals surface area contributed by atoms with Crippen LogP contribution in [0.3, 0.4) is 0 Å². The van der Waals surface area contributed by atoms with Crippen molar-refractivity contribution in [1.29, 1.82) is 0 Å². The highest BCUT2D eigenvalue weighted by molar-refractivity contribution is 5.93. The Morgan fingerprint density at radius 3 is 3.04 bits per heavy atom. The van der Waals surface area contributed by atoms with E-state index in [4.69, 9.17) is 9.47 Å². The zero-order valence-corrected chi connectivity index (χ0v) is 14.7. The second-order valence-electron chi connectivity index (χ2n) is 6.49. The SMILES string of the molecule is CCOc1cccc2[nH]cc(CC(=O)NC3COc4ccccc4C3)c12. The Morgan fingerprint density at radius 2 is 2.15 bits per heavy atom. The average molecular weight is 350 g/mol. The summed E-state index contributed by atoms with van der Waals surface area (Å²) in [6, 6.07) is 13.8. The molecule has 2 N–H and O–H groups in total. The second-order valence-corrected chi connectivity index (χ2v) is 6.49. The number of hydrogen-bond acceptors (Lipinski definition) is 3. The van der Waals surface area contributed by atoms with Crippen molar-refractivity contribution < 1.29 is 14.3 Å². The topological polar surface area (TPSA) is 63.4 Å². The van der Waals surface area contributed by atoms with Crippen molar-refractivity contribution in [3.05, 3.63) is 59.8 Å². The minimum Gasteiger partial charge on any atom is -0.493 e. The molecule has 1 aliphatic heterocycles. The predicted molar refractivity (Wildman–Crippen MR) is 101 cm³/mol. The molecule has 0 saturated carbocycles. The third-order valence-corrected chi connectivity index (χ3v) is 4.64. The third kappa shape index (κ3) is 3.25. The number of carbonyl (C=O) groups excluding carboxylic acids is 1. The summed E-state index contributed by atoms with van der Waals surface area (Å²) in [6.07, 6.45) is 2.99. The number of amides is 1. The molecule has 0 bridgehead atoms. The van der Waals surface area contributed by atoms with Gasteiger partial charge in [-0.25, -0.2) is 0 Å². The molecule has 1 aromatic heterocycles. The Bertz CT molecular complexity index is 932. The van der Waals surface area contributed by atoms with Gasteiger partial charge in [-0.2, -0.15) is 0 Å². The van der Waals surface area contributed by atoms with Gasteiger partial charge in [-0.05, 0) is 42.7 Å². The zero-order chi connectivity index (χ0) is 17.9. The van der Waals surface area contributed by atoms with Gasteiger partial charge in [-0.1, -0.05) is 24.3 Å². The van der Waals surface area contributed by atoms with E-state index in [2.05, 4.69) is 10.3 Å².